The van der Waals surface area contributed by atoms with Gasteiger partial charge in [-0.05, 0) is 43.8 Å². The van der Waals surface area contributed by atoms with E-state index in [0.717, 1.165) is 29.7 Å². The van der Waals surface area contributed by atoms with Gasteiger partial charge >= 0.3 is 0 Å². The van der Waals surface area contributed by atoms with E-state index in [-0.39, 0.29) is 0 Å². The first kappa shape index (κ1) is 13.6. The molecule has 0 spiro atoms. The van der Waals surface area contributed by atoms with Gasteiger partial charge in [0, 0.05) is 12.5 Å². The molecule has 0 aliphatic rings. The second-order valence-corrected chi connectivity index (χ2v) is 5.56. The molecule has 1 heterocycles. The van der Waals surface area contributed by atoms with Crippen molar-refractivity contribution in [2.24, 2.45) is 5.92 Å². The van der Waals surface area contributed by atoms with Crippen LogP contribution in [0.15, 0.2) is 0 Å². The SMILES string of the molecule is CCCNC(Cc1nc(C)ns1)CC(C)C. The summed E-state index contributed by atoms with van der Waals surface area (Å²) in [6, 6.07) is 0.548. The van der Waals surface area contributed by atoms with Gasteiger partial charge in [-0.3, -0.25) is 0 Å². The first-order valence-corrected chi connectivity index (χ1v) is 6.91. The molecule has 0 aliphatic carbocycles. The van der Waals surface area contributed by atoms with Gasteiger partial charge in [-0.2, -0.15) is 4.37 Å². The zero-order chi connectivity index (χ0) is 12.0. The fraction of sp³-hybridized carbons (Fsp3) is 0.833. The van der Waals surface area contributed by atoms with Gasteiger partial charge in [-0.25, -0.2) is 4.98 Å². The van der Waals surface area contributed by atoms with Crippen LogP contribution in [0.5, 0.6) is 0 Å². The Hall–Kier alpha value is -0.480. The third-order valence-electron chi connectivity index (χ3n) is 2.43. The van der Waals surface area contributed by atoms with E-state index >= 15 is 0 Å². The van der Waals surface area contributed by atoms with E-state index in [1.165, 1.54) is 24.4 Å². The Morgan fingerprint density at radius 2 is 2.12 bits per heavy atom. The van der Waals surface area contributed by atoms with E-state index in [0.29, 0.717) is 6.04 Å². The quantitative estimate of drug-likeness (QED) is 0.797. The summed E-state index contributed by atoms with van der Waals surface area (Å²) in [6.45, 7) is 9.79. The average molecular weight is 241 g/mol. The Balaban J connectivity index is 2.48. The van der Waals surface area contributed by atoms with Crippen LogP contribution in [-0.2, 0) is 6.42 Å². The Kier molecular flexibility index (Phi) is 5.91. The van der Waals surface area contributed by atoms with Gasteiger partial charge in [0.15, 0.2) is 0 Å². The molecule has 1 N–H and O–H groups in total. The van der Waals surface area contributed by atoms with Gasteiger partial charge in [0.25, 0.3) is 0 Å². The second-order valence-electron chi connectivity index (χ2n) is 4.72. The van der Waals surface area contributed by atoms with Gasteiger partial charge in [0.2, 0.25) is 0 Å². The number of hydrogen-bond donors (Lipinski definition) is 1. The third kappa shape index (κ3) is 5.03. The van der Waals surface area contributed by atoms with Crippen molar-refractivity contribution >= 4 is 11.5 Å². The fourth-order valence-electron chi connectivity index (χ4n) is 1.79. The molecule has 0 amide bonds. The number of aryl methyl sites for hydroxylation is 1. The number of hydrogen-bond acceptors (Lipinski definition) is 4. The van der Waals surface area contributed by atoms with E-state index in [1.807, 2.05) is 6.92 Å². The van der Waals surface area contributed by atoms with E-state index < -0.39 is 0 Å². The first-order valence-electron chi connectivity index (χ1n) is 6.14. The van der Waals surface area contributed by atoms with Gasteiger partial charge in [-0.1, -0.05) is 20.8 Å². The molecule has 4 heteroatoms. The number of nitrogens with zero attached hydrogens (tertiary/aromatic N) is 2. The summed E-state index contributed by atoms with van der Waals surface area (Å²) in [4.78, 5) is 4.43. The van der Waals surface area contributed by atoms with E-state index in [9.17, 15) is 0 Å². The highest BCUT2D eigenvalue weighted by Crippen LogP contribution is 2.12. The lowest BCUT2D eigenvalue weighted by molar-refractivity contribution is 0.416. The maximum Gasteiger partial charge on any atom is 0.139 e. The predicted molar refractivity (Wildman–Crippen MR) is 69.9 cm³/mol. The summed E-state index contributed by atoms with van der Waals surface area (Å²) < 4.78 is 4.23. The highest BCUT2D eigenvalue weighted by Gasteiger charge is 2.13. The largest absolute Gasteiger partial charge is 0.314 e. The van der Waals surface area contributed by atoms with Crippen molar-refractivity contribution in [1.82, 2.24) is 14.7 Å². The van der Waals surface area contributed by atoms with Gasteiger partial charge in [-0.15, -0.1) is 0 Å². The molecule has 16 heavy (non-hydrogen) atoms. The highest BCUT2D eigenvalue weighted by molar-refractivity contribution is 7.05. The molecule has 0 aromatic carbocycles. The van der Waals surface area contributed by atoms with Crippen molar-refractivity contribution in [2.75, 3.05) is 6.54 Å². The van der Waals surface area contributed by atoms with Gasteiger partial charge in [0.1, 0.15) is 10.8 Å². The van der Waals surface area contributed by atoms with Crippen LogP contribution in [0, 0.1) is 12.8 Å². The van der Waals surface area contributed by atoms with Crippen LogP contribution in [0.1, 0.15) is 44.4 Å². The van der Waals surface area contributed by atoms with Crippen molar-refractivity contribution in [1.29, 1.82) is 0 Å². The normalized spacial score (nSPS) is 13.3. The molecule has 3 nitrogen and oxygen atoms in total. The highest BCUT2D eigenvalue weighted by atomic mass is 32.1. The average Bonchev–Trinajstić information content (AvgIpc) is 2.59. The summed E-state index contributed by atoms with van der Waals surface area (Å²) >= 11 is 1.54. The summed E-state index contributed by atoms with van der Waals surface area (Å²) in [5.41, 5.74) is 0. The lowest BCUT2D eigenvalue weighted by atomic mass is 10.0. The standard InChI is InChI=1S/C12H23N3S/c1-5-6-13-11(7-9(2)3)8-12-14-10(4)15-16-12/h9,11,13H,5-8H2,1-4H3. The number of rotatable bonds is 7. The van der Waals surface area contributed by atoms with Crippen LogP contribution >= 0.6 is 11.5 Å². The molecule has 1 aromatic heterocycles. The first-order chi connectivity index (χ1) is 7.61. The lowest BCUT2D eigenvalue weighted by Crippen LogP contribution is -2.33. The zero-order valence-electron chi connectivity index (χ0n) is 10.8. The topological polar surface area (TPSA) is 37.8 Å². The monoisotopic (exact) mass is 241 g/mol. The maximum absolute atomic E-state index is 4.43. The van der Waals surface area contributed by atoms with Gasteiger partial charge in [0.05, 0.1) is 0 Å². The molecule has 0 saturated heterocycles. The van der Waals surface area contributed by atoms with E-state index in [1.54, 1.807) is 0 Å². The zero-order valence-corrected chi connectivity index (χ0v) is 11.6. The van der Waals surface area contributed by atoms with Crippen molar-refractivity contribution in [2.45, 2.75) is 53.0 Å². The van der Waals surface area contributed by atoms with Crippen molar-refractivity contribution in [3.8, 4) is 0 Å². The molecule has 1 unspecified atom stereocenters. The summed E-state index contributed by atoms with van der Waals surface area (Å²) in [5.74, 6) is 1.63. The molecule has 0 fully saturated rings. The van der Waals surface area contributed by atoms with Crippen LogP contribution in [-0.4, -0.2) is 21.9 Å². The van der Waals surface area contributed by atoms with Crippen molar-refractivity contribution in [3.63, 3.8) is 0 Å². The van der Waals surface area contributed by atoms with Crippen LogP contribution in [0.4, 0.5) is 0 Å². The molecular weight excluding hydrogens is 218 g/mol. The predicted octanol–water partition coefficient (Wildman–Crippen LogP) is 2.80. The smallest absolute Gasteiger partial charge is 0.139 e. The molecule has 0 saturated carbocycles. The Morgan fingerprint density at radius 1 is 1.38 bits per heavy atom. The van der Waals surface area contributed by atoms with Crippen LogP contribution in [0.2, 0.25) is 0 Å². The third-order valence-corrected chi connectivity index (χ3v) is 3.25. The second kappa shape index (κ2) is 6.97. The Bertz CT molecular complexity index is 296. The van der Waals surface area contributed by atoms with E-state index in [2.05, 4.69) is 35.4 Å². The molecule has 1 atom stereocenters. The van der Waals surface area contributed by atoms with E-state index in [4.69, 9.17) is 0 Å². The molecule has 1 aromatic rings. The minimum absolute atomic E-state index is 0.548. The molecular formula is C12H23N3S. The van der Waals surface area contributed by atoms with Crippen LogP contribution in [0.25, 0.3) is 0 Å². The molecule has 1 rings (SSSR count). The molecule has 92 valence electrons. The molecule has 0 radical (unpaired) electrons. The molecule has 0 aliphatic heterocycles. The maximum atomic E-state index is 4.43. The lowest BCUT2D eigenvalue weighted by Gasteiger charge is -2.19. The Morgan fingerprint density at radius 3 is 2.62 bits per heavy atom. The number of aromatic nitrogens is 2. The summed E-state index contributed by atoms with van der Waals surface area (Å²) in [7, 11) is 0. The van der Waals surface area contributed by atoms with Crippen molar-refractivity contribution in [3.05, 3.63) is 10.8 Å². The molecule has 0 bridgehead atoms. The van der Waals surface area contributed by atoms with Crippen molar-refractivity contribution < 1.29 is 0 Å². The van der Waals surface area contributed by atoms with Gasteiger partial charge < -0.3 is 5.32 Å². The van der Waals surface area contributed by atoms with Crippen LogP contribution < -0.4 is 5.32 Å². The fourth-order valence-corrected chi connectivity index (χ4v) is 2.52. The minimum Gasteiger partial charge on any atom is -0.314 e. The summed E-state index contributed by atoms with van der Waals surface area (Å²) in [5, 5.41) is 4.76. The number of nitrogens with one attached hydrogen (secondary N) is 1. The minimum atomic E-state index is 0.548. The Labute approximate surface area is 103 Å². The summed E-state index contributed by atoms with van der Waals surface area (Å²) in [6.07, 6.45) is 3.41. The van der Waals surface area contributed by atoms with Crippen LogP contribution in [0.3, 0.4) is 0 Å².